The Bertz CT molecular complexity index is 620. The summed E-state index contributed by atoms with van der Waals surface area (Å²) in [5, 5.41) is 0. The number of carbonyl (C=O) groups excluding carboxylic acids is 1. The van der Waals surface area contributed by atoms with Crippen molar-refractivity contribution < 1.29 is 22.7 Å². The first-order valence-electron chi connectivity index (χ1n) is 6.74. The molecule has 0 aromatic heterocycles. The largest absolute Gasteiger partial charge is 0.465 e. The summed E-state index contributed by atoms with van der Waals surface area (Å²) in [5.41, 5.74) is 0.914. The number of esters is 1. The van der Waals surface area contributed by atoms with Gasteiger partial charge in [-0.25, -0.2) is 17.9 Å². The SMILES string of the molecule is COC(=O)c1cc(S(=O)(=O)NCC2CCCO2)ccc1C. The summed E-state index contributed by atoms with van der Waals surface area (Å²) in [6.07, 6.45) is 1.72. The van der Waals surface area contributed by atoms with E-state index in [9.17, 15) is 13.2 Å². The molecule has 0 saturated carbocycles. The van der Waals surface area contributed by atoms with Crippen LogP contribution in [0.2, 0.25) is 0 Å². The molecule has 116 valence electrons. The zero-order valence-corrected chi connectivity index (χ0v) is 12.9. The van der Waals surface area contributed by atoms with E-state index in [4.69, 9.17) is 4.74 Å². The number of hydrogen-bond acceptors (Lipinski definition) is 5. The number of aryl methyl sites for hydroxylation is 1. The molecule has 1 aromatic rings. The maximum Gasteiger partial charge on any atom is 0.338 e. The molecule has 0 spiro atoms. The maximum atomic E-state index is 12.2. The highest BCUT2D eigenvalue weighted by molar-refractivity contribution is 7.89. The number of ether oxygens (including phenoxy) is 2. The van der Waals surface area contributed by atoms with E-state index < -0.39 is 16.0 Å². The van der Waals surface area contributed by atoms with Gasteiger partial charge >= 0.3 is 5.97 Å². The van der Waals surface area contributed by atoms with Gasteiger partial charge in [0.25, 0.3) is 0 Å². The highest BCUT2D eigenvalue weighted by Gasteiger charge is 2.21. The Morgan fingerprint density at radius 1 is 1.48 bits per heavy atom. The third-order valence-electron chi connectivity index (χ3n) is 3.45. The maximum absolute atomic E-state index is 12.2. The predicted molar refractivity (Wildman–Crippen MR) is 76.7 cm³/mol. The monoisotopic (exact) mass is 313 g/mol. The van der Waals surface area contributed by atoms with Gasteiger partial charge in [0, 0.05) is 13.2 Å². The Balaban J connectivity index is 2.17. The van der Waals surface area contributed by atoms with E-state index in [1.165, 1.54) is 19.2 Å². The molecule has 1 unspecified atom stereocenters. The van der Waals surface area contributed by atoms with Crippen molar-refractivity contribution in [2.45, 2.75) is 30.8 Å². The van der Waals surface area contributed by atoms with Gasteiger partial charge in [0.2, 0.25) is 10.0 Å². The molecule has 1 fully saturated rings. The second-order valence-electron chi connectivity index (χ2n) is 4.96. The van der Waals surface area contributed by atoms with E-state index in [1.54, 1.807) is 13.0 Å². The van der Waals surface area contributed by atoms with Gasteiger partial charge in [-0.3, -0.25) is 0 Å². The smallest absolute Gasteiger partial charge is 0.338 e. The van der Waals surface area contributed by atoms with Gasteiger partial charge < -0.3 is 9.47 Å². The molecule has 21 heavy (non-hydrogen) atoms. The molecular weight excluding hydrogens is 294 g/mol. The molecule has 2 rings (SSSR count). The van der Waals surface area contributed by atoms with Crippen molar-refractivity contribution in [2.24, 2.45) is 0 Å². The van der Waals surface area contributed by atoms with Crippen LogP contribution in [-0.4, -0.2) is 40.8 Å². The molecule has 1 atom stereocenters. The first-order valence-corrected chi connectivity index (χ1v) is 8.22. The summed E-state index contributed by atoms with van der Waals surface area (Å²) in [6, 6.07) is 4.39. The van der Waals surface area contributed by atoms with Crippen LogP contribution in [0.15, 0.2) is 23.1 Å². The molecule has 0 aliphatic carbocycles. The van der Waals surface area contributed by atoms with Crippen LogP contribution in [0.1, 0.15) is 28.8 Å². The highest BCUT2D eigenvalue weighted by Crippen LogP contribution is 2.17. The fourth-order valence-electron chi connectivity index (χ4n) is 2.19. The van der Waals surface area contributed by atoms with Gasteiger partial charge in [0.05, 0.1) is 23.7 Å². The topological polar surface area (TPSA) is 81.7 Å². The molecule has 1 aliphatic heterocycles. The molecule has 0 radical (unpaired) electrons. The molecule has 0 bridgehead atoms. The van der Waals surface area contributed by atoms with Crippen LogP contribution in [0.25, 0.3) is 0 Å². The third kappa shape index (κ3) is 3.81. The average molecular weight is 313 g/mol. The second kappa shape index (κ2) is 6.55. The average Bonchev–Trinajstić information content (AvgIpc) is 2.98. The van der Waals surface area contributed by atoms with Crippen molar-refractivity contribution >= 4 is 16.0 Å². The molecule has 1 aromatic carbocycles. The summed E-state index contributed by atoms with van der Waals surface area (Å²) in [7, 11) is -2.40. The van der Waals surface area contributed by atoms with E-state index >= 15 is 0 Å². The molecule has 1 heterocycles. The van der Waals surface area contributed by atoms with Gasteiger partial charge in [-0.15, -0.1) is 0 Å². The Labute approximate surface area is 124 Å². The van der Waals surface area contributed by atoms with Gasteiger partial charge in [0.15, 0.2) is 0 Å². The van der Waals surface area contributed by atoms with Crippen molar-refractivity contribution in [1.29, 1.82) is 0 Å². The zero-order valence-electron chi connectivity index (χ0n) is 12.1. The Morgan fingerprint density at radius 2 is 2.24 bits per heavy atom. The first-order chi connectivity index (χ1) is 9.94. The first kappa shape index (κ1) is 15.9. The predicted octanol–water partition coefficient (Wildman–Crippen LogP) is 1.24. The fraction of sp³-hybridized carbons (Fsp3) is 0.500. The van der Waals surface area contributed by atoms with Crippen molar-refractivity contribution in [3.63, 3.8) is 0 Å². The van der Waals surface area contributed by atoms with E-state index in [-0.39, 0.29) is 23.1 Å². The molecule has 6 nitrogen and oxygen atoms in total. The number of sulfonamides is 1. The number of nitrogens with one attached hydrogen (secondary N) is 1. The highest BCUT2D eigenvalue weighted by atomic mass is 32.2. The lowest BCUT2D eigenvalue weighted by atomic mass is 10.1. The van der Waals surface area contributed by atoms with Crippen molar-refractivity contribution in [3.8, 4) is 0 Å². The van der Waals surface area contributed by atoms with E-state index in [2.05, 4.69) is 9.46 Å². The Hall–Kier alpha value is -1.44. The minimum absolute atomic E-state index is 0.0477. The minimum atomic E-state index is -3.67. The molecule has 7 heteroatoms. The summed E-state index contributed by atoms with van der Waals surface area (Å²) >= 11 is 0. The summed E-state index contributed by atoms with van der Waals surface area (Å²) in [4.78, 5) is 11.7. The van der Waals surface area contributed by atoms with Crippen LogP contribution < -0.4 is 4.72 Å². The van der Waals surface area contributed by atoms with Crippen LogP contribution in [0, 0.1) is 6.92 Å². The van der Waals surface area contributed by atoms with Crippen molar-refractivity contribution in [1.82, 2.24) is 4.72 Å². The van der Waals surface area contributed by atoms with E-state index in [1.807, 2.05) is 0 Å². The number of rotatable bonds is 5. The normalized spacial score (nSPS) is 18.7. The summed E-state index contributed by atoms with van der Waals surface area (Å²) in [6.45, 7) is 2.63. The van der Waals surface area contributed by atoms with Gasteiger partial charge in [0.1, 0.15) is 0 Å². The molecule has 1 saturated heterocycles. The Kier molecular flexibility index (Phi) is 4.97. The lowest BCUT2D eigenvalue weighted by Crippen LogP contribution is -2.32. The van der Waals surface area contributed by atoms with Crippen LogP contribution in [0.3, 0.4) is 0 Å². The lowest BCUT2D eigenvalue weighted by molar-refractivity contribution is 0.0599. The van der Waals surface area contributed by atoms with Gasteiger partial charge in [-0.05, 0) is 37.5 Å². The molecule has 0 amide bonds. The Morgan fingerprint density at radius 3 is 2.86 bits per heavy atom. The fourth-order valence-corrected chi connectivity index (χ4v) is 3.28. The van der Waals surface area contributed by atoms with Gasteiger partial charge in [-0.1, -0.05) is 6.07 Å². The van der Waals surface area contributed by atoms with Crippen LogP contribution in [0.5, 0.6) is 0 Å². The van der Waals surface area contributed by atoms with Crippen LogP contribution in [0.4, 0.5) is 0 Å². The van der Waals surface area contributed by atoms with E-state index in [0.717, 1.165) is 12.8 Å². The van der Waals surface area contributed by atoms with Gasteiger partial charge in [-0.2, -0.15) is 0 Å². The van der Waals surface area contributed by atoms with Crippen molar-refractivity contribution in [2.75, 3.05) is 20.3 Å². The zero-order chi connectivity index (χ0) is 15.5. The number of methoxy groups -OCH3 is 1. The van der Waals surface area contributed by atoms with Crippen LogP contribution >= 0.6 is 0 Å². The summed E-state index contributed by atoms with van der Waals surface area (Å²) in [5.74, 6) is -0.552. The molecule has 1 aliphatic rings. The van der Waals surface area contributed by atoms with Crippen molar-refractivity contribution in [3.05, 3.63) is 29.3 Å². The van der Waals surface area contributed by atoms with E-state index in [0.29, 0.717) is 12.2 Å². The second-order valence-corrected chi connectivity index (χ2v) is 6.72. The third-order valence-corrected chi connectivity index (χ3v) is 4.87. The number of hydrogen-bond donors (Lipinski definition) is 1. The minimum Gasteiger partial charge on any atom is -0.465 e. The number of carbonyl (C=O) groups is 1. The summed E-state index contributed by atoms with van der Waals surface area (Å²) < 4.78 is 37.0. The standard InChI is InChI=1S/C14H19NO5S/c1-10-5-6-12(8-13(10)14(16)19-2)21(17,18)15-9-11-4-3-7-20-11/h5-6,8,11,15H,3-4,7,9H2,1-2H3. The molecule has 1 N–H and O–H groups in total. The van der Waals surface area contributed by atoms with Crippen LogP contribution in [-0.2, 0) is 19.5 Å². The molecular formula is C14H19NO5S. The number of benzene rings is 1. The quantitative estimate of drug-likeness (QED) is 0.827. The lowest BCUT2D eigenvalue weighted by Gasteiger charge is -2.12.